The van der Waals surface area contributed by atoms with Crippen molar-refractivity contribution in [1.82, 2.24) is 10.2 Å². The monoisotopic (exact) mass is 300 g/mol. The molecule has 0 aliphatic carbocycles. The van der Waals surface area contributed by atoms with Gasteiger partial charge < -0.3 is 14.8 Å². The number of methoxy groups -OCH3 is 1. The molecule has 1 heterocycles. The number of likely N-dealkylation sites (tertiary alicyclic amines) is 1. The summed E-state index contributed by atoms with van der Waals surface area (Å²) in [6.07, 6.45) is 0.136. The van der Waals surface area contributed by atoms with Gasteiger partial charge in [0.05, 0.1) is 13.0 Å². The van der Waals surface area contributed by atoms with Crippen LogP contribution in [-0.2, 0) is 14.3 Å². The van der Waals surface area contributed by atoms with E-state index in [4.69, 9.17) is 9.47 Å². The van der Waals surface area contributed by atoms with Crippen molar-refractivity contribution in [1.29, 1.82) is 0 Å². The second-order valence-corrected chi connectivity index (χ2v) is 6.85. The molecular weight excluding hydrogens is 272 g/mol. The summed E-state index contributed by atoms with van der Waals surface area (Å²) in [5.74, 6) is -0.442. The quantitative estimate of drug-likeness (QED) is 0.805. The minimum atomic E-state index is -0.530. The van der Waals surface area contributed by atoms with Gasteiger partial charge in [0.2, 0.25) is 0 Å². The number of hydrogen-bond acceptors (Lipinski definition) is 5. The predicted octanol–water partition coefficient (Wildman–Crippen LogP) is 1.78. The Kier molecular flexibility index (Phi) is 6.01. The maximum absolute atomic E-state index is 11.9. The van der Waals surface area contributed by atoms with E-state index in [-0.39, 0.29) is 17.9 Å². The van der Waals surface area contributed by atoms with Crippen LogP contribution in [0.25, 0.3) is 0 Å². The number of hydrogen-bond donors (Lipinski definition) is 1. The maximum Gasteiger partial charge on any atom is 0.407 e. The predicted molar refractivity (Wildman–Crippen MR) is 80.0 cm³/mol. The Morgan fingerprint density at radius 3 is 2.33 bits per heavy atom. The second kappa shape index (κ2) is 7.11. The lowest BCUT2D eigenvalue weighted by Crippen LogP contribution is -2.54. The first kappa shape index (κ1) is 17.8. The number of carbonyl (C=O) groups is 2. The normalized spacial score (nSPS) is 23.8. The molecule has 0 saturated carbocycles. The number of alkyl carbamates (subject to hydrolysis) is 1. The van der Waals surface area contributed by atoms with Gasteiger partial charge in [-0.3, -0.25) is 9.69 Å². The fraction of sp³-hybridized carbons (Fsp3) is 0.867. The summed E-state index contributed by atoms with van der Waals surface area (Å²) in [5.41, 5.74) is -0.530. The van der Waals surface area contributed by atoms with Crippen molar-refractivity contribution in [2.24, 2.45) is 5.92 Å². The van der Waals surface area contributed by atoms with Crippen LogP contribution in [0.1, 0.15) is 41.0 Å². The van der Waals surface area contributed by atoms with Crippen LogP contribution in [0.4, 0.5) is 4.79 Å². The number of carbonyl (C=O) groups excluding carboxylic acids is 2. The Hall–Kier alpha value is -1.30. The van der Waals surface area contributed by atoms with Crippen LogP contribution in [0, 0.1) is 5.92 Å². The van der Waals surface area contributed by atoms with Gasteiger partial charge in [0.25, 0.3) is 0 Å². The van der Waals surface area contributed by atoms with Crippen molar-refractivity contribution < 1.29 is 19.1 Å². The standard InChI is InChI=1S/C15H28N2O4/c1-10(2)17-8-11(13(18)20-6)7-12(9-17)16-14(19)21-15(3,4)5/h10-12H,7-9H2,1-6H3,(H,16,19). The van der Waals surface area contributed by atoms with Crippen molar-refractivity contribution in [2.75, 3.05) is 20.2 Å². The van der Waals surface area contributed by atoms with Gasteiger partial charge in [-0.2, -0.15) is 0 Å². The van der Waals surface area contributed by atoms with E-state index >= 15 is 0 Å². The molecule has 0 spiro atoms. The molecule has 1 fully saturated rings. The zero-order valence-corrected chi connectivity index (χ0v) is 13.9. The van der Waals surface area contributed by atoms with Crippen LogP contribution in [0.5, 0.6) is 0 Å². The molecule has 0 aromatic carbocycles. The number of rotatable bonds is 3. The van der Waals surface area contributed by atoms with Crippen molar-refractivity contribution in [3.05, 3.63) is 0 Å². The third-order valence-electron chi connectivity index (χ3n) is 3.46. The molecule has 0 radical (unpaired) electrons. The van der Waals surface area contributed by atoms with E-state index < -0.39 is 11.7 Å². The third-order valence-corrected chi connectivity index (χ3v) is 3.46. The van der Waals surface area contributed by atoms with Crippen LogP contribution < -0.4 is 5.32 Å². The topological polar surface area (TPSA) is 67.9 Å². The van der Waals surface area contributed by atoms with E-state index in [0.717, 1.165) is 0 Å². The van der Waals surface area contributed by atoms with E-state index in [0.29, 0.717) is 25.6 Å². The smallest absolute Gasteiger partial charge is 0.407 e. The summed E-state index contributed by atoms with van der Waals surface area (Å²) in [6, 6.07) is 0.195. The van der Waals surface area contributed by atoms with Gasteiger partial charge >= 0.3 is 12.1 Å². The highest BCUT2D eigenvalue weighted by molar-refractivity contribution is 5.73. The molecule has 0 aromatic rings. The number of esters is 1. The van der Waals surface area contributed by atoms with E-state index in [2.05, 4.69) is 24.1 Å². The Morgan fingerprint density at radius 2 is 1.86 bits per heavy atom. The van der Waals surface area contributed by atoms with Crippen LogP contribution in [-0.4, -0.2) is 54.8 Å². The molecule has 6 nitrogen and oxygen atoms in total. The maximum atomic E-state index is 11.9. The molecule has 122 valence electrons. The van der Waals surface area contributed by atoms with Gasteiger partial charge in [-0.1, -0.05) is 0 Å². The van der Waals surface area contributed by atoms with Crippen LogP contribution in [0.3, 0.4) is 0 Å². The van der Waals surface area contributed by atoms with Crippen LogP contribution >= 0.6 is 0 Å². The first-order chi connectivity index (χ1) is 9.62. The lowest BCUT2D eigenvalue weighted by Gasteiger charge is -2.39. The minimum absolute atomic E-state index is 0.111. The highest BCUT2D eigenvalue weighted by Crippen LogP contribution is 2.20. The Balaban J connectivity index is 2.67. The molecule has 21 heavy (non-hydrogen) atoms. The fourth-order valence-electron chi connectivity index (χ4n) is 2.47. The molecule has 1 aliphatic heterocycles. The zero-order chi connectivity index (χ0) is 16.2. The second-order valence-electron chi connectivity index (χ2n) is 6.85. The number of nitrogens with one attached hydrogen (secondary N) is 1. The molecule has 2 atom stereocenters. The van der Waals surface area contributed by atoms with Gasteiger partial charge in [-0.25, -0.2) is 4.79 Å². The van der Waals surface area contributed by atoms with Gasteiger partial charge in [0.1, 0.15) is 5.60 Å². The Morgan fingerprint density at radius 1 is 1.24 bits per heavy atom. The lowest BCUT2D eigenvalue weighted by molar-refractivity contribution is -0.148. The molecule has 1 aliphatic rings. The molecular formula is C15H28N2O4. The molecule has 0 aromatic heterocycles. The van der Waals surface area contributed by atoms with E-state index in [9.17, 15) is 9.59 Å². The van der Waals surface area contributed by atoms with Gasteiger partial charge in [0.15, 0.2) is 0 Å². The highest BCUT2D eigenvalue weighted by Gasteiger charge is 2.34. The molecule has 2 unspecified atom stereocenters. The van der Waals surface area contributed by atoms with Crippen molar-refractivity contribution in [3.63, 3.8) is 0 Å². The molecule has 1 amide bonds. The van der Waals surface area contributed by atoms with E-state index in [1.807, 2.05) is 20.8 Å². The largest absolute Gasteiger partial charge is 0.469 e. The summed E-state index contributed by atoms with van der Waals surface area (Å²) >= 11 is 0. The third kappa shape index (κ3) is 5.91. The number of nitrogens with zero attached hydrogens (tertiary/aromatic N) is 1. The van der Waals surface area contributed by atoms with Crippen molar-refractivity contribution >= 4 is 12.1 Å². The SMILES string of the molecule is COC(=O)C1CC(NC(=O)OC(C)(C)C)CN(C(C)C)C1. The first-order valence-corrected chi connectivity index (χ1v) is 7.43. The summed E-state index contributed by atoms with van der Waals surface area (Å²) in [6.45, 7) is 11.0. The van der Waals surface area contributed by atoms with Crippen molar-refractivity contribution in [2.45, 2.75) is 58.7 Å². The Labute approximate surface area is 127 Å². The number of ether oxygens (including phenoxy) is 2. The summed E-state index contributed by atoms with van der Waals surface area (Å²) in [5, 5.41) is 2.86. The molecule has 1 rings (SSSR count). The van der Waals surface area contributed by atoms with Gasteiger partial charge in [-0.15, -0.1) is 0 Å². The lowest BCUT2D eigenvalue weighted by atomic mass is 9.93. The summed E-state index contributed by atoms with van der Waals surface area (Å²) in [4.78, 5) is 25.9. The Bertz CT molecular complexity index is 376. The average molecular weight is 300 g/mol. The van der Waals surface area contributed by atoms with Crippen LogP contribution in [0.15, 0.2) is 0 Å². The molecule has 0 bridgehead atoms. The molecule has 6 heteroatoms. The minimum Gasteiger partial charge on any atom is -0.469 e. The summed E-state index contributed by atoms with van der Waals surface area (Å²) in [7, 11) is 1.40. The van der Waals surface area contributed by atoms with Gasteiger partial charge in [-0.05, 0) is 41.0 Å². The first-order valence-electron chi connectivity index (χ1n) is 7.43. The zero-order valence-electron chi connectivity index (χ0n) is 13.9. The molecule has 1 N–H and O–H groups in total. The molecule has 1 saturated heterocycles. The van der Waals surface area contributed by atoms with E-state index in [1.54, 1.807) is 0 Å². The fourth-order valence-corrected chi connectivity index (χ4v) is 2.47. The summed E-state index contributed by atoms with van der Waals surface area (Å²) < 4.78 is 10.1. The van der Waals surface area contributed by atoms with E-state index in [1.165, 1.54) is 7.11 Å². The number of amides is 1. The van der Waals surface area contributed by atoms with Crippen molar-refractivity contribution in [3.8, 4) is 0 Å². The van der Waals surface area contributed by atoms with Crippen LogP contribution in [0.2, 0.25) is 0 Å². The number of piperidine rings is 1. The highest BCUT2D eigenvalue weighted by atomic mass is 16.6. The average Bonchev–Trinajstić information content (AvgIpc) is 2.34. The van der Waals surface area contributed by atoms with Gasteiger partial charge in [0, 0.05) is 25.2 Å².